The minimum absolute atomic E-state index is 0.0764. The molecule has 0 spiro atoms. The van der Waals surface area contributed by atoms with Gasteiger partial charge in [-0.3, -0.25) is 4.79 Å². The minimum Gasteiger partial charge on any atom is -0.497 e. The molecular weight excluding hydrogens is 334 g/mol. The van der Waals surface area contributed by atoms with E-state index in [-0.39, 0.29) is 5.91 Å². The third-order valence-corrected chi connectivity index (χ3v) is 4.56. The number of amides is 1. The van der Waals surface area contributed by atoms with Crippen LogP contribution in [0, 0.1) is 0 Å². The molecule has 0 aliphatic carbocycles. The summed E-state index contributed by atoms with van der Waals surface area (Å²) < 4.78 is 7.20. The van der Waals surface area contributed by atoms with Crippen LogP contribution in [0.3, 0.4) is 0 Å². The molecule has 1 heterocycles. The van der Waals surface area contributed by atoms with E-state index in [1.807, 2.05) is 47.2 Å². The van der Waals surface area contributed by atoms with E-state index >= 15 is 0 Å². The number of carbonyl (C=O) groups excluding carboxylic acids is 1. The summed E-state index contributed by atoms with van der Waals surface area (Å²) in [4.78, 5) is 16.5. The number of imidazole rings is 1. The summed E-state index contributed by atoms with van der Waals surface area (Å²) >= 11 is 1.42. The lowest BCUT2D eigenvalue weighted by Gasteiger charge is -2.09. The van der Waals surface area contributed by atoms with Gasteiger partial charge in [0.25, 0.3) is 0 Å². The van der Waals surface area contributed by atoms with E-state index in [2.05, 4.69) is 22.4 Å². The lowest BCUT2D eigenvalue weighted by molar-refractivity contribution is -0.113. The van der Waals surface area contributed by atoms with Crippen LogP contribution in [0.5, 0.6) is 5.75 Å². The molecule has 0 radical (unpaired) electrons. The van der Waals surface area contributed by atoms with Gasteiger partial charge in [-0.05, 0) is 17.7 Å². The number of hydrogen-bond donors (Lipinski definition) is 1. The molecule has 1 aromatic heterocycles. The Morgan fingerprint density at radius 3 is 2.84 bits per heavy atom. The maximum Gasteiger partial charge on any atom is 0.234 e. The molecule has 25 heavy (non-hydrogen) atoms. The Morgan fingerprint density at radius 2 is 2.04 bits per heavy atom. The topological polar surface area (TPSA) is 56.1 Å². The Bertz CT molecular complexity index is 833. The van der Waals surface area contributed by atoms with Gasteiger partial charge in [-0.2, -0.15) is 0 Å². The summed E-state index contributed by atoms with van der Waals surface area (Å²) in [5.74, 6) is 0.930. The zero-order valence-electron chi connectivity index (χ0n) is 13.9. The van der Waals surface area contributed by atoms with Gasteiger partial charge in [-0.15, -0.1) is 0 Å². The second-order valence-electron chi connectivity index (χ2n) is 5.39. The molecule has 0 aliphatic rings. The van der Waals surface area contributed by atoms with Crippen molar-refractivity contribution >= 4 is 23.4 Å². The molecule has 1 N–H and O–H groups in total. The predicted molar refractivity (Wildman–Crippen MR) is 100 cm³/mol. The fraction of sp³-hybridized carbons (Fsp3) is 0.158. The maximum absolute atomic E-state index is 12.2. The van der Waals surface area contributed by atoms with E-state index < -0.39 is 0 Å². The molecule has 5 nitrogen and oxygen atoms in total. The van der Waals surface area contributed by atoms with Gasteiger partial charge in [0, 0.05) is 30.7 Å². The molecule has 128 valence electrons. The highest BCUT2D eigenvalue weighted by Gasteiger charge is 2.09. The summed E-state index contributed by atoms with van der Waals surface area (Å²) in [5, 5.41) is 3.70. The number of methoxy groups -OCH3 is 1. The number of benzene rings is 2. The smallest absolute Gasteiger partial charge is 0.234 e. The Labute approximate surface area is 151 Å². The molecule has 0 saturated carbocycles. The van der Waals surface area contributed by atoms with Crippen molar-refractivity contribution < 1.29 is 9.53 Å². The summed E-state index contributed by atoms with van der Waals surface area (Å²) in [6.07, 6.45) is 3.68. The molecule has 1 amide bonds. The van der Waals surface area contributed by atoms with Gasteiger partial charge in [0.2, 0.25) is 5.91 Å². The molecule has 0 bridgehead atoms. The first-order valence-electron chi connectivity index (χ1n) is 7.86. The first kappa shape index (κ1) is 17.1. The van der Waals surface area contributed by atoms with Crippen molar-refractivity contribution in [3.05, 3.63) is 72.6 Å². The van der Waals surface area contributed by atoms with Crippen LogP contribution in [0.2, 0.25) is 0 Å². The highest BCUT2D eigenvalue weighted by molar-refractivity contribution is 7.99. The van der Waals surface area contributed by atoms with Gasteiger partial charge in [-0.25, -0.2) is 4.98 Å². The Morgan fingerprint density at radius 1 is 1.20 bits per heavy atom. The van der Waals surface area contributed by atoms with Gasteiger partial charge in [0.15, 0.2) is 5.16 Å². The van der Waals surface area contributed by atoms with E-state index in [0.717, 1.165) is 17.4 Å². The average molecular weight is 353 g/mol. The van der Waals surface area contributed by atoms with Gasteiger partial charge in [-0.1, -0.05) is 48.2 Å². The molecule has 2 aromatic carbocycles. The predicted octanol–water partition coefficient (Wildman–Crippen LogP) is 3.67. The van der Waals surface area contributed by atoms with Crippen molar-refractivity contribution in [2.45, 2.75) is 11.7 Å². The summed E-state index contributed by atoms with van der Waals surface area (Å²) in [5.41, 5.74) is 1.92. The van der Waals surface area contributed by atoms with Crippen LogP contribution >= 0.6 is 11.8 Å². The second kappa shape index (κ2) is 8.39. The van der Waals surface area contributed by atoms with Crippen LogP contribution in [0.15, 0.2) is 72.1 Å². The van der Waals surface area contributed by atoms with E-state index in [1.165, 1.54) is 17.3 Å². The normalized spacial score (nSPS) is 10.4. The highest BCUT2D eigenvalue weighted by atomic mass is 32.2. The first-order chi connectivity index (χ1) is 12.2. The molecule has 0 atom stereocenters. The monoisotopic (exact) mass is 353 g/mol. The molecule has 0 fully saturated rings. The average Bonchev–Trinajstić information content (AvgIpc) is 3.08. The van der Waals surface area contributed by atoms with Crippen LogP contribution in [-0.2, 0) is 11.3 Å². The zero-order chi connectivity index (χ0) is 17.5. The number of anilines is 1. The standard InChI is InChI=1S/C19H19N3O2S/c1-24-17-9-5-8-16(12-17)21-18(23)14-25-19-20-10-11-22(19)13-15-6-3-2-4-7-15/h2-12H,13-14H2,1H3,(H,21,23). The molecular formula is C19H19N3O2S. The second-order valence-corrected chi connectivity index (χ2v) is 6.33. The summed E-state index contributed by atoms with van der Waals surface area (Å²) in [6, 6.07) is 17.5. The lowest BCUT2D eigenvalue weighted by Crippen LogP contribution is -2.14. The number of rotatable bonds is 7. The molecule has 0 saturated heterocycles. The maximum atomic E-state index is 12.2. The van der Waals surface area contributed by atoms with E-state index in [4.69, 9.17) is 4.74 Å². The number of nitrogens with zero attached hydrogens (tertiary/aromatic N) is 2. The fourth-order valence-corrected chi connectivity index (χ4v) is 3.12. The number of aromatic nitrogens is 2. The third kappa shape index (κ3) is 4.87. The minimum atomic E-state index is -0.0764. The van der Waals surface area contributed by atoms with Crippen LogP contribution < -0.4 is 10.1 Å². The number of thioether (sulfide) groups is 1. The van der Waals surface area contributed by atoms with Crippen molar-refractivity contribution in [2.75, 3.05) is 18.2 Å². The molecule has 0 unspecified atom stereocenters. The largest absolute Gasteiger partial charge is 0.497 e. The van der Waals surface area contributed by atoms with E-state index in [9.17, 15) is 4.79 Å². The van der Waals surface area contributed by atoms with Gasteiger partial charge in [0.05, 0.1) is 12.9 Å². The van der Waals surface area contributed by atoms with Crippen molar-refractivity contribution in [3.63, 3.8) is 0 Å². The van der Waals surface area contributed by atoms with Crippen LogP contribution in [-0.4, -0.2) is 28.3 Å². The molecule has 3 aromatic rings. The Kier molecular flexibility index (Phi) is 5.74. The van der Waals surface area contributed by atoms with Gasteiger partial charge in [0.1, 0.15) is 5.75 Å². The quantitative estimate of drug-likeness (QED) is 0.659. The lowest BCUT2D eigenvalue weighted by atomic mass is 10.2. The van der Waals surface area contributed by atoms with Crippen LogP contribution in [0.1, 0.15) is 5.56 Å². The first-order valence-corrected chi connectivity index (χ1v) is 8.85. The number of nitrogens with one attached hydrogen (secondary N) is 1. The van der Waals surface area contributed by atoms with Crippen molar-refractivity contribution in [1.29, 1.82) is 0 Å². The number of ether oxygens (including phenoxy) is 1. The summed E-state index contributed by atoms with van der Waals surface area (Å²) in [6.45, 7) is 0.737. The number of hydrogen-bond acceptors (Lipinski definition) is 4. The van der Waals surface area contributed by atoms with Crippen LogP contribution in [0.25, 0.3) is 0 Å². The SMILES string of the molecule is COc1cccc(NC(=O)CSc2nccn2Cc2ccccc2)c1. The summed E-state index contributed by atoms with van der Waals surface area (Å²) in [7, 11) is 1.60. The molecule has 0 aliphatic heterocycles. The van der Waals surface area contributed by atoms with E-state index in [1.54, 1.807) is 19.4 Å². The Balaban J connectivity index is 1.56. The molecule has 6 heteroatoms. The van der Waals surface area contributed by atoms with Crippen molar-refractivity contribution in [2.24, 2.45) is 0 Å². The van der Waals surface area contributed by atoms with Gasteiger partial charge >= 0.3 is 0 Å². The zero-order valence-corrected chi connectivity index (χ0v) is 14.7. The van der Waals surface area contributed by atoms with E-state index in [0.29, 0.717) is 11.5 Å². The van der Waals surface area contributed by atoms with Crippen LogP contribution in [0.4, 0.5) is 5.69 Å². The molecule has 3 rings (SSSR count). The Hall–Kier alpha value is -2.73. The number of carbonyl (C=O) groups is 1. The fourth-order valence-electron chi connectivity index (χ4n) is 2.36. The van der Waals surface area contributed by atoms with Gasteiger partial charge < -0.3 is 14.6 Å². The van der Waals surface area contributed by atoms with Crippen molar-refractivity contribution in [1.82, 2.24) is 9.55 Å². The highest BCUT2D eigenvalue weighted by Crippen LogP contribution is 2.19. The third-order valence-electron chi connectivity index (χ3n) is 3.56. The van der Waals surface area contributed by atoms with Crippen molar-refractivity contribution in [3.8, 4) is 5.75 Å².